The summed E-state index contributed by atoms with van der Waals surface area (Å²) < 4.78 is 0. The van der Waals surface area contributed by atoms with Crippen LogP contribution in [-0.4, -0.2) is 19.7 Å². The van der Waals surface area contributed by atoms with E-state index >= 15 is 0 Å². The molecular formula is C3H9N5O. The van der Waals surface area contributed by atoms with Gasteiger partial charge in [0.2, 0.25) is 0 Å². The minimum Gasteiger partial charge on any atom is -0.627 e. The Morgan fingerprint density at radius 3 is 2.56 bits per heavy atom. The lowest BCUT2D eigenvalue weighted by Gasteiger charge is -2.14. The molecule has 0 aromatic carbocycles. The van der Waals surface area contributed by atoms with E-state index in [0.717, 1.165) is 0 Å². The zero-order chi connectivity index (χ0) is 7.28. The van der Waals surface area contributed by atoms with Crippen molar-refractivity contribution in [3.8, 4) is 0 Å². The molecule has 0 heterocycles. The van der Waals surface area contributed by atoms with Gasteiger partial charge in [0.1, 0.15) is 0 Å². The van der Waals surface area contributed by atoms with Crippen LogP contribution in [0.1, 0.15) is 0 Å². The highest BCUT2D eigenvalue weighted by Gasteiger charge is 1.98. The highest BCUT2D eigenvalue weighted by molar-refractivity contribution is 5.70. The summed E-state index contributed by atoms with van der Waals surface area (Å²) in [6.45, 7) is 3.08. The minimum absolute atomic E-state index is 0.00463. The lowest BCUT2D eigenvalue weighted by atomic mass is 10.9. The summed E-state index contributed by atoms with van der Waals surface area (Å²) in [7, 11) is 1.32. The number of hydrogen-bond donors (Lipinski definition) is 3. The molecule has 0 bridgehead atoms. The fourth-order valence-electron chi connectivity index (χ4n) is 0.273. The van der Waals surface area contributed by atoms with Crippen molar-refractivity contribution in [2.45, 2.75) is 0 Å². The van der Waals surface area contributed by atoms with Crippen LogP contribution in [0, 0.1) is 5.21 Å². The van der Waals surface area contributed by atoms with Gasteiger partial charge in [-0.15, -0.1) is 5.10 Å². The summed E-state index contributed by atoms with van der Waals surface area (Å²) in [4.78, 5) is 0. The molecule has 6 heteroatoms. The van der Waals surface area contributed by atoms with E-state index in [-0.39, 0.29) is 11.0 Å². The Hall–Kier alpha value is -1.14. The third-order valence-electron chi connectivity index (χ3n) is 0.648. The van der Waals surface area contributed by atoms with Gasteiger partial charge in [-0.1, -0.05) is 0 Å². The van der Waals surface area contributed by atoms with Crippen LogP contribution in [0.5, 0.6) is 0 Å². The Kier molecular flexibility index (Phi) is 3.33. The molecule has 0 aliphatic heterocycles. The van der Waals surface area contributed by atoms with Gasteiger partial charge in [0, 0.05) is 6.72 Å². The fourth-order valence-corrected chi connectivity index (χ4v) is 0.273. The second-order valence-corrected chi connectivity index (χ2v) is 1.30. The van der Waals surface area contributed by atoms with E-state index in [1.807, 2.05) is 0 Å². The number of rotatable bonds is 1. The van der Waals surface area contributed by atoms with Crippen LogP contribution in [0.15, 0.2) is 10.2 Å². The second kappa shape index (κ2) is 3.81. The number of hydroxylamine groups is 2. The molecule has 0 rings (SSSR count). The van der Waals surface area contributed by atoms with Crippen molar-refractivity contribution in [3.63, 3.8) is 0 Å². The van der Waals surface area contributed by atoms with Crippen molar-refractivity contribution in [2.75, 3.05) is 7.05 Å². The predicted molar refractivity (Wildman–Crippen MR) is 34.6 cm³/mol. The van der Waals surface area contributed by atoms with E-state index in [1.54, 1.807) is 0 Å². The third-order valence-corrected chi connectivity index (χ3v) is 0.648. The smallest absolute Gasteiger partial charge is 0.337 e. The first-order valence-corrected chi connectivity index (χ1v) is 2.23. The summed E-state index contributed by atoms with van der Waals surface area (Å²) in [6.07, 6.45) is 0. The van der Waals surface area contributed by atoms with Crippen LogP contribution in [0.2, 0.25) is 0 Å². The van der Waals surface area contributed by atoms with E-state index in [0.29, 0.717) is 0 Å². The molecular weight excluding hydrogens is 122 g/mol. The van der Waals surface area contributed by atoms with E-state index in [1.165, 1.54) is 7.05 Å². The van der Waals surface area contributed by atoms with Gasteiger partial charge in [-0.2, -0.15) is 5.10 Å². The van der Waals surface area contributed by atoms with Crippen LogP contribution in [0.3, 0.4) is 0 Å². The van der Waals surface area contributed by atoms with E-state index in [2.05, 4.69) is 22.3 Å². The van der Waals surface area contributed by atoms with Gasteiger partial charge in [-0.25, -0.2) is 5.43 Å². The summed E-state index contributed by atoms with van der Waals surface area (Å²) in [6, 6.07) is 0. The Bertz CT molecular complexity index is 119. The SMILES string of the molecule is C=NN/C(=N\N)[NH+](C)[O-]. The number of guanidine groups is 1. The quantitative estimate of drug-likeness (QED) is 0.158. The maximum atomic E-state index is 10.4. The highest BCUT2D eigenvalue weighted by atomic mass is 16.5. The molecule has 0 saturated heterocycles. The van der Waals surface area contributed by atoms with Gasteiger partial charge in [0.05, 0.1) is 7.05 Å². The van der Waals surface area contributed by atoms with Gasteiger partial charge in [0.25, 0.3) is 0 Å². The molecule has 0 aliphatic rings. The van der Waals surface area contributed by atoms with Crippen LogP contribution in [0.4, 0.5) is 0 Å². The first-order chi connectivity index (χ1) is 4.22. The van der Waals surface area contributed by atoms with Crippen LogP contribution in [0.25, 0.3) is 0 Å². The van der Waals surface area contributed by atoms with Gasteiger partial charge in [-0.3, -0.25) is 0 Å². The Morgan fingerprint density at radius 2 is 2.44 bits per heavy atom. The van der Waals surface area contributed by atoms with Gasteiger partial charge >= 0.3 is 5.96 Å². The summed E-state index contributed by atoms with van der Waals surface area (Å²) in [5, 5.41) is 16.4. The van der Waals surface area contributed by atoms with Crippen molar-refractivity contribution in [3.05, 3.63) is 5.21 Å². The van der Waals surface area contributed by atoms with E-state index < -0.39 is 0 Å². The number of nitrogens with one attached hydrogen (secondary N) is 2. The summed E-state index contributed by atoms with van der Waals surface area (Å²) in [5.74, 6) is 4.78. The Balaban J connectivity index is 3.84. The van der Waals surface area contributed by atoms with Crippen molar-refractivity contribution < 1.29 is 5.06 Å². The average Bonchev–Trinajstić information content (AvgIpc) is 1.82. The largest absolute Gasteiger partial charge is 0.627 e. The molecule has 1 unspecified atom stereocenters. The molecule has 0 fully saturated rings. The topological polar surface area (TPSA) is 90.3 Å². The van der Waals surface area contributed by atoms with Crippen molar-refractivity contribution in [1.82, 2.24) is 5.43 Å². The summed E-state index contributed by atoms with van der Waals surface area (Å²) >= 11 is 0. The molecule has 6 nitrogen and oxygen atoms in total. The van der Waals surface area contributed by atoms with Gasteiger partial charge in [0.15, 0.2) is 0 Å². The first kappa shape index (κ1) is 7.86. The fraction of sp³-hybridized carbons (Fsp3) is 0.333. The van der Waals surface area contributed by atoms with Crippen molar-refractivity contribution >= 4 is 12.7 Å². The first-order valence-electron chi connectivity index (χ1n) is 2.23. The van der Waals surface area contributed by atoms with Crippen LogP contribution in [-0.2, 0) is 0 Å². The maximum Gasteiger partial charge on any atom is 0.337 e. The average molecular weight is 131 g/mol. The molecule has 0 aromatic heterocycles. The molecule has 9 heavy (non-hydrogen) atoms. The van der Waals surface area contributed by atoms with Crippen molar-refractivity contribution in [2.24, 2.45) is 16.0 Å². The lowest BCUT2D eigenvalue weighted by molar-refractivity contribution is -0.725. The standard InChI is InChI=1S/C3H9N5O/c1-5-7-3(6-4)8(2)9/h8H,1,4H2,2H3,(H,6,7). The molecule has 0 saturated carbocycles. The normalized spacial score (nSPS) is 14.7. The van der Waals surface area contributed by atoms with E-state index in [4.69, 9.17) is 5.84 Å². The number of nitrogens with zero attached hydrogens (tertiary/aromatic N) is 2. The van der Waals surface area contributed by atoms with E-state index in [9.17, 15) is 5.21 Å². The molecule has 52 valence electrons. The Labute approximate surface area is 52.6 Å². The Morgan fingerprint density at radius 1 is 1.89 bits per heavy atom. The highest BCUT2D eigenvalue weighted by Crippen LogP contribution is 1.51. The zero-order valence-corrected chi connectivity index (χ0v) is 5.09. The third kappa shape index (κ3) is 2.62. The van der Waals surface area contributed by atoms with Crippen molar-refractivity contribution in [1.29, 1.82) is 0 Å². The minimum atomic E-state index is -0.273. The molecule has 0 amide bonds. The van der Waals surface area contributed by atoms with Crippen LogP contribution >= 0.6 is 0 Å². The number of hydrazone groups is 2. The maximum absolute atomic E-state index is 10.4. The lowest BCUT2D eigenvalue weighted by Crippen LogP contribution is -3.08. The van der Waals surface area contributed by atoms with Gasteiger partial charge in [-0.05, 0) is 0 Å². The number of hydrogen-bond acceptors (Lipinski definition) is 4. The molecule has 1 atom stereocenters. The molecule has 0 aliphatic carbocycles. The molecule has 0 radical (unpaired) electrons. The predicted octanol–water partition coefficient (Wildman–Crippen LogP) is -2.57. The summed E-state index contributed by atoms with van der Waals surface area (Å²) in [5.41, 5.74) is 2.22. The number of quaternary nitrogens is 1. The van der Waals surface area contributed by atoms with Gasteiger partial charge < -0.3 is 16.1 Å². The molecule has 0 spiro atoms. The number of nitrogens with two attached hydrogens (primary N) is 1. The molecule has 0 aromatic rings. The zero-order valence-electron chi connectivity index (χ0n) is 5.09. The van der Waals surface area contributed by atoms with Crippen LogP contribution < -0.4 is 16.3 Å². The monoisotopic (exact) mass is 131 g/mol. The second-order valence-electron chi connectivity index (χ2n) is 1.30. The molecule has 4 N–H and O–H groups in total.